The summed E-state index contributed by atoms with van der Waals surface area (Å²) in [7, 11) is 0. The summed E-state index contributed by atoms with van der Waals surface area (Å²) in [6.07, 6.45) is -2.82. The third kappa shape index (κ3) is 10.4. The second kappa shape index (κ2) is 18.5. The molecule has 242 valence electrons. The Bertz CT molecular complexity index is 1420. The van der Waals surface area contributed by atoms with Crippen LogP contribution in [0.5, 0.6) is 0 Å². The molecule has 0 unspecified atom stereocenters. The zero-order chi connectivity index (χ0) is 31.8. The lowest BCUT2D eigenvalue weighted by molar-refractivity contribution is -0.275. The molecule has 0 radical (unpaired) electrons. The fraction of sp³-hybridized carbons (Fsp3) is 0.324. The Morgan fingerprint density at radius 2 is 1.04 bits per heavy atom. The van der Waals surface area contributed by atoms with E-state index >= 15 is 0 Å². The SMILES string of the molecule is NCCNC(=S)N[C@H]1O[C@H](COCc2ccccc2)[C@@H](OCc2ccccc2)[C@H](OCc2ccccc2)[C@H]1OCc1ccccc1. The third-order valence-corrected chi connectivity index (χ3v) is 7.85. The van der Waals surface area contributed by atoms with Crippen molar-refractivity contribution in [3.8, 4) is 0 Å². The molecule has 9 heteroatoms. The summed E-state index contributed by atoms with van der Waals surface area (Å²) in [4.78, 5) is 0. The summed E-state index contributed by atoms with van der Waals surface area (Å²) >= 11 is 5.63. The van der Waals surface area contributed by atoms with E-state index in [0.29, 0.717) is 44.6 Å². The standard InChI is InChI=1S/C37H43N3O5S/c38-21-22-39-37(46)40-36-35(44-26-31-19-11-4-12-20-31)34(43-25-30-17-9-3-10-18-30)33(42-24-29-15-7-2-8-16-29)32(45-36)27-41-23-28-13-5-1-6-14-28/h1-20,32-36H,21-27,38H2,(H2,39,40,46)/t32-,33-,34+,35-,36+/m1/s1. The minimum Gasteiger partial charge on any atom is -0.374 e. The molecule has 1 saturated heterocycles. The van der Waals surface area contributed by atoms with Crippen molar-refractivity contribution in [2.45, 2.75) is 57.1 Å². The van der Waals surface area contributed by atoms with Crippen molar-refractivity contribution < 1.29 is 23.7 Å². The van der Waals surface area contributed by atoms with Gasteiger partial charge >= 0.3 is 0 Å². The van der Waals surface area contributed by atoms with Gasteiger partial charge in [-0.3, -0.25) is 0 Å². The minimum atomic E-state index is -0.663. The number of hydrogen-bond donors (Lipinski definition) is 3. The average Bonchev–Trinajstić information content (AvgIpc) is 3.10. The predicted octanol–water partition coefficient (Wildman–Crippen LogP) is 5.11. The zero-order valence-electron chi connectivity index (χ0n) is 25.9. The zero-order valence-corrected chi connectivity index (χ0v) is 26.7. The minimum absolute atomic E-state index is 0.270. The first kappa shape index (κ1) is 33.7. The molecular weight excluding hydrogens is 598 g/mol. The highest BCUT2D eigenvalue weighted by molar-refractivity contribution is 7.80. The molecule has 5 atom stereocenters. The third-order valence-electron chi connectivity index (χ3n) is 7.59. The van der Waals surface area contributed by atoms with Crippen LogP contribution < -0.4 is 16.4 Å². The van der Waals surface area contributed by atoms with E-state index in [9.17, 15) is 0 Å². The van der Waals surface area contributed by atoms with Gasteiger partial charge in [0.2, 0.25) is 0 Å². The summed E-state index contributed by atoms with van der Waals surface area (Å²) in [5.41, 5.74) is 9.92. The summed E-state index contributed by atoms with van der Waals surface area (Å²) in [5.74, 6) is 0. The Morgan fingerprint density at radius 3 is 1.52 bits per heavy atom. The van der Waals surface area contributed by atoms with E-state index in [0.717, 1.165) is 22.3 Å². The lowest BCUT2D eigenvalue weighted by Gasteiger charge is -2.46. The number of nitrogens with one attached hydrogen (secondary N) is 2. The number of nitrogens with two attached hydrogens (primary N) is 1. The first-order chi connectivity index (χ1) is 22.7. The number of thiocarbonyl (C=S) groups is 1. The van der Waals surface area contributed by atoms with Gasteiger partial charge in [0.25, 0.3) is 0 Å². The lowest BCUT2D eigenvalue weighted by Crippen LogP contribution is -2.66. The number of ether oxygens (including phenoxy) is 5. The smallest absolute Gasteiger partial charge is 0.168 e. The highest BCUT2D eigenvalue weighted by Gasteiger charge is 2.48. The molecule has 1 aliphatic rings. The molecule has 8 nitrogen and oxygen atoms in total. The molecule has 0 spiro atoms. The van der Waals surface area contributed by atoms with E-state index in [2.05, 4.69) is 10.6 Å². The van der Waals surface area contributed by atoms with Gasteiger partial charge in [-0.05, 0) is 34.5 Å². The van der Waals surface area contributed by atoms with E-state index in [1.54, 1.807) is 0 Å². The number of benzene rings is 4. The quantitative estimate of drug-likeness (QED) is 0.144. The van der Waals surface area contributed by atoms with Crippen molar-refractivity contribution in [2.24, 2.45) is 5.73 Å². The molecule has 4 aromatic carbocycles. The van der Waals surface area contributed by atoms with Crippen molar-refractivity contribution in [2.75, 3.05) is 19.7 Å². The van der Waals surface area contributed by atoms with Crippen LogP contribution in [0.2, 0.25) is 0 Å². The molecule has 0 bridgehead atoms. The van der Waals surface area contributed by atoms with E-state index in [4.69, 9.17) is 41.6 Å². The molecule has 1 fully saturated rings. The summed E-state index contributed by atoms with van der Waals surface area (Å²) in [5, 5.41) is 6.88. The van der Waals surface area contributed by atoms with Gasteiger partial charge in [-0.25, -0.2) is 0 Å². The Hall–Kier alpha value is -3.67. The monoisotopic (exact) mass is 641 g/mol. The van der Waals surface area contributed by atoms with Gasteiger partial charge in [0.05, 0.1) is 33.0 Å². The second-order valence-corrected chi connectivity index (χ2v) is 11.5. The predicted molar refractivity (Wildman–Crippen MR) is 183 cm³/mol. The van der Waals surface area contributed by atoms with Crippen LogP contribution in [0.3, 0.4) is 0 Å². The molecule has 1 heterocycles. The molecular formula is C37H43N3O5S. The van der Waals surface area contributed by atoms with Gasteiger partial charge in [0.15, 0.2) is 11.3 Å². The van der Waals surface area contributed by atoms with Crippen LogP contribution in [0.1, 0.15) is 22.3 Å². The van der Waals surface area contributed by atoms with E-state index < -0.39 is 30.6 Å². The first-order valence-corrected chi connectivity index (χ1v) is 16.1. The van der Waals surface area contributed by atoms with E-state index in [1.165, 1.54) is 0 Å². The molecule has 46 heavy (non-hydrogen) atoms. The van der Waals surface area contributed by atoms with Gasteiger partial charge in [0.1, 0.15) is 24.4 Å². The van der Waals surface area contributed by atoms with Crippen molar-refractivity contribution in [3.05, 3.63) is 144 Å². The van der Waals surface area contributed by atoms with Gasteiger partial charge < -0.3 is 40.1 Å². The maximum Gasteiger partial charge on any atom is 0.168 e. The summed E-state index contributed by atoms with van der Waals surface area (Å²) < 4.78 is 33.1. The number of rotatable bonds is 16. The van der Waals surface area contributed by atoms with Crippen LogP contribution in [-0.4, -0.2) is 55.5 Å². The Morgan fingerprint density at radius 1 is 0.609 bits per heavy atom. The number of hydrogen-bond acceptors (Lipinski definition) is 7. The molecule has 0 aromatic heterocycles. The fourth-order valence-electron chi connectivity index (χ4n) is 5.27. The van der Waals surface area contributed by atoms with E-state index in [-0.39, 0.29) is 6.61 Å². The largest absolute Gasteiger partial charge is 0.374 e. The van der Waals surface area contributed by atoms with Crippen LogP contribution in [0, 0.1) is 0 Å². The molecule has 4 aromatic rings. The van der Waals surface area contributed by atoms with Crippen molar-refractivity contribution >= 4 is 17.3 Å². The van der Waals surface area contributed by atoms with E-state index in [1.807, 2.05) is 121 Å². The van der Waals surface area contributed by atoms with Gasteiger partial charge in [-0.2, -0.15) is 0 Å². The highest BCUT2D eigenvalue weighted by atomic mass is 32.1. The van der Waals surface area contributed by atoms with Crippen LogP contribution >= 0.6 is 12.2 Å². The van der Waals surface area contributed by atoms with Crippen LogP contribution in [0.25, 0.3) is 0 Å². The highest BCUT2D eigenvalue weighted by Crippen LogP contribution is 2.30. The fourth-order valence-corrected chi connectivity index (χ4v) is 5.49. The average molecular weight is 642 g/mol. The normalized spacial score (nSPS) is 21.0. The lowest BCUT2D eigenvalue weighted by atomic mass is 9.97. The van der Waals surface area contributed by atoms with Crippen LogP contribution in [0.15, 0.2) is 121 Å². The van der Waals surface area contributed by atoms with Gasteiger partial charge in [0, 0.05) is 13.1 Å². The molecule has 1 aliphatic heterocycles. The molecule has 0 amide bonds. The first-order valence-electron chi connectivity index (χ1n) is 15.7. The Kier molecular flexibility index (Phi) is 13.5. The molecule has 0 saturated carbocycles. The van der Waals surface area contributed by atoms with Crippen LogP contribution in [-0.2, 0) is 50.1 Å². The summed E-state index contributed by atoms with van der Waals surface area (Å²) in [6, 6.07) is 40.2. The topological polar surface area (TPSA) is 96.2 Å². The second-order valence-electron chi connectivity index (χ2n) is 11.1. The van der Waals surface area contributed by atoms with Gasteiger partial charge in [-0.1, -0.05) is 121 Å². The van der Waals surface area contributed by atoms with Crippen LogP contribution in [0.4, 0.5) is 0 Å². The Labute approximate surface area is 277 Å². The van der Waals surface area contributed by atoms with Crippen molar-refractivity contribution in [3.63, 3.8) is 0 Å². The van der Waals surface area contributed by atoms with Crippen molar-refractivity contribution in [1.29, 1.82) is 0 Å². The maximum atomic E-state index is 6.75. The molecule has 5 rings (SSSR count). The molecule has 0 aliphatic carbocycles. The summed E-state index contributed by atoms with van der Waals surface area (Å²) in [6.45, 7) is 2.75. The van der Waals surface area contributed by atoms with Gasteiger partial charge in [-0.15, -0.1) is 0 Å². The molecule has 4 N–H and O–H groups in total. The van der Waals surface area contributed by atoms with Crippen molar-refractivity contribution in [1.82, 2.24) is 10.6 Å². The maximum absolute atomic E-state index is 6.75. The Balaban J connectivity index is 1.44.